The number of sulfonamides is 1. The van der Waals surface area contributed by atoms with Crippen LogP contribution in [0.1, 0.15) is 27.2 Å². The molecule has 1 unspecified atom stereocenters. The Labute approximate surface area is 109 Å². The lowest BCUT2D eigenvalue weighted by Crippen LogP contribution is -2.43. The number of hydrogen-bond acceptors (Lipinski definition) is 4. The quantitative estimate of drug-likeness (QED) is 0.659. The highest BCUT2D eigenvalue weighted by atomic mass is 32.2. The van der Waals surface area contributed by atoms with E-state index in [0.29, 0.717) is 13.1 Å². The maximum atomic E-state index is 12.0. The summed E-state index contributed by atoms with van der Waals surface area (Å²) in [4.78, 5) is 13.6. The van der Waals surface area contributed by atoms with E-state index in [-0.39, 0.29) is 30.3 Å². The van der Waals surface area contributed by atoms with Gasteiger partial charge >= 0.3 is 0 Å². The fourth-order valence-electron chi connectivity index (χ4n) is 2.04. The second-order valence-electron chi connectivity index (χ2n) is 4.80. The Bertz CT molecular complexity index is 381. The van der Waals surface area contributed by atoms with Crippen molar-refractivity contribution in [3.63, 3.8) is 0 Å². The summed E-state index contributed by atoms with van der Waals surface area (Å²) in [5.74, 6) is -0.0172. The van der Waals surface area contributed by atoms with Gasteiger partial charge in [0.25, 0.3) is 0 Å². The third kappa shape index (κ3) is 4.55. The first-order chi connectivity index (χ1) is 8.35. The SMILES string of the molecule is CCNS(=O)(=O)CCN1CCC(NC(C)C)C1=O. The van der Waals surface area contributed by atoms with Crippen molar-refractivity contribution in [2.75, 3.05) is 25.4 Å². The average Bonchev–Trinajstić information content (AvgIpc) is 2.57. The number of carbonyl (C=O) groups excluding carboxylic acids is 1. The lowest BCUT2D eigenvalue weighted by molar-refractivity contribution is -0.129. The number of likely N-dealkylation sites (tertiary alicyclic amines) is 1. The molecule has 1 amide bonds. The molecule has 2 N–H and O–H groups in total. The molecule has 7 heteroatoms. The molecule has 6 nitrogen and oxygen atoms in total. The Morgan fingerprint density at radius 1 is 1.44 bits per heavy atom. The molecule has 18 heavy (non-hydrogen) atoms. The van der Waals surface area contributed by atoms with Crippen LogP contribution < -0.4 is 10.0 Å². The zero-order chi connectivity index (χ0) is 13.8. The van der Waals surface area contributed by atoms with Gasteiger partial charge in [0.05, 0.1) is 11.8 Å². The van der Waals surface area contributed by atoms with Gasteiger partial charge in [0, 0.05) is 25.7 Å². The highest BCUT2D eigenvalue weighted by Crippen LogP contribution is 2.11. The molecule has 0 aromatic carbocycles. The van der Waals surface area contributed by atoms with E-state index in [1.807, 2.05) is 13.8 Å². The maximum absolute atomic E-state index is 12.0. The van der Waals surface area contributed by atoms with Crippen molar-refractivity contribution in [3.8, 4) is 0 Å². The minimum Gasteiger partial charge on any atom is -0.340 e. The molecule has 0 bridgehead atoms. The molecule has 0 aromatic heterocycles. The topological polar surface area (TPSA) is 78.5 Å². The van der Waals surface area contributed by atoms with E-state index in [1.165, 1.54) is 0 Å². The molecule has 1 atom stereocenters. The molecule has 1 heterocycles. The first-order valence-electron chi connectivity index (χ1n) is 6.38. The van der Waals surface area contributed by atoms with Crippen LogP contribution in [0, 0.1) is 0 Å². The number of amides is 1. The van der Waals surface area contributed by atoms with Gasteiger partial charge in [-0.2, -0.15) is 0 Å². The van der Waals surface area contributed by atoms with E-state index in [4.69, 9.17) is 0 Å². The van der Waals surface area contributed by atoms with Crippen LogP contribution in [0.2, 0.25) is 0 Å². The molecular weight excluding hydrogens is 254 g/mol. The average molecular weight is 277 g/mol. The molecule has 0 aromatic rings. The van der Waals surface area contributed by atoms with Crippen molar-refractivity contribution in [1.82, 2.24) is 14.9 Å². The standard InChI is InChI=1S/C11H23N3O3S/c1-4-12-18(16,17)8-7-14-6-5-10(11(14)15)13-9(2)3/h9-10,12-13H,4-8H2,1-3H3. The molecule has 106 valence electrons. The first kappa shape index (κ1) is 15.4. The van der Waals surface area contributed by atoms with Gasteiger partial charge in [-0.3, -0.25) is 4.79 Å². The van der Waals surface area contributed by atoms with E-state index >= 15 is 0 Å². The molecule has 0 aliphatic carbocycles. The van der Waals surface area contributed by atoms with Gasteiger partial charge in [0.1, 0.15) is 0 Å². The number of nitrogens with one attached hydrogen (secondary N) is 2. The molecule has 0 saturated carbocycles. The summed E-state index contributed by atoms with van der Waals surface area (Å²) in [6.07, 6.45) is 0.748. The number of carbonyl (C=O) groups is 1. The van der Waals surface area contributed by atoms with Crippen molar-refractivity contribution < 1.29 is 13.2 Å². The predicted molar refractivity (Wildman–Crippen MR) is 70.7 cm³/mol. The summed E-state index contributed by atoms with van der Waals surface area (Å²) < 4.78 is 25.4. The summed E-state index contributed by atoms with van der Waals surface area (Å²) in [5.41, 5.74) is 0. The van der Waals surface area contributed by atoms with E-state index in [0.717, 1.165) is 6.42 Å². The number of hydrogen-bond donors (Lipinski definition) is 2. The largest absolute Gasteiger partial charge is 0.340 e. The Morgan fingerprint density at radius 3 is 2.67 bits per heavy atom. The zero-order valence-electron chi connectivity index (χ0n) is 11.3. The van der Waals surface area contributed by atoms with Gasteiger partial charge in [-0.15, -0.1) is 0 Å². The van der Waals surface area contributed by atoms with Gasteiger partial charge in [0.2, 0.25) is 15.9 Å². The summed E-state index contributed by atoms with van der Waals surface area (Å²) in [7, 11) is -3.25. The van der Waals surface area contributed by atoms with Crippen LogP contribution in [0.15, 0.2) is 0 Å². The summed E-state index contributed by atoms with van der Waals surface area (Å²) in [5, 5.41) is 3.19. The van der Waals surface area contributed by atoms with Crippen molar-refractivity contribution in [2.45, 2.75) is 39.3 Å². The normalized spacial score (nSPS) is 21.0. The minimum absolute atomic E-state index is 0.00963. The Balaban J connectivity index is 2.44. The third-order valence-electron chi connectivity index (χ3n) is 2.83. The second-order valence-corrected chi connectivity index (χ2v) is 6.73. The van der Waals surface area contributed by atoms with Crippen LogP contribution in [-0.2, 0) is 14.8 Å². The zero-order valence-corrected chi connectivity index (χ0v) is 12.1. The predicted octanol–water partition coefficient (Wildman–Crippen LogP) is -0.475. The van der Waals surface area contributed by atoms with E-state index in [2.05, 4.69) is 10.0 Å². The van der Waals surface area contributed by atoms with Gasteiger partial charge in [-0.25, -0.2) is 13.1 Å². The molecule has 0 spiro atoms. The third-order valence-corrected chi connectivity index (χ3v) is 4.27. The number of nitrogens with zero attached hydrogens (tertiary/aromatic N) is 1. The van der Waals surface area contributed by atoms with Crippen LogP contribution in [0.4, 0.5) is 0 Å². The summed E-state index contributed by atoms with van der Waals surface area (Å²) >= 11 is 0. The van der Waals surface area contributed by atoms with E-state index < -0.39 is 10.0 Å². The monoisotopic (exact) mass is 277 g/mol. The van der Waals surface area contributed by atoms with E-state index in [9.17, 15) is 13.2 Å². The molecule has 1 aliphatic rings. The molecule has 1 saturated heterocycles. The molecule has 1 rings (SSSR count). The molecular formula is C11H23N3O3S. The Kier molecular flexibility index (Phi) is 5.55. The highest BCUT2D eigenvalue weighted by Gasteiger charge is 2.32. The van der Waals surface area contributed by atoms with Crippen molar-refractivity contribution >= 4 is 15.9 Å². The van der Waals surface area contributed by atoms with Gasteiger partial charge < -0.3 is 10.2 Å². The summed E-state index contributed by atoms with van der Waals surface area (Å²) in [6, 6.07) is 0.0937. The molecule has 1 fully saturated rings. The van der Waals surface area contributed by atoms with Crippen LogP contribution in [-0.4, -0.2) is 56.7 Å². The van der Waals surface area contributed by atoms with Crippen LogP contribution in [0.5, 0.6) is 0 Å². The minimum atomic E-state index is -3.25. The fourth-order valence-corrected chi connectivity index (χ4v) is 3.09. The molecule has 1 aliphatic heterocycles. The van der Waals surface area contributed by atoms with Crippen molar-refractivity contribution in [1.29, 1.82) is 0 Å². The Morgan fingerprint density at radius 2 is 2.11 bits per heavy atom. The maximum Gasteiger partial charge on any atom is 0.239 e. The van der Waals surface area contributed by atoms with Gasteiger partial charge in [0.15, 0.2) is 0 Å². The van der Waals surface area contributed by atoms with E-state index in [1.54, 1.807) is 11.8 Å². The van der Waals surface area contributed by atoms with Crippen LogP contribution in [0.3, 0.4) is 0 Å². The smallest absolute Gasteiger partial charge is 0.239 e. The van der Waals surface area contributed by atoms with Crippen molar-refractivity contribution in [2.24, 2.45) is 0 Å². The fraction of sp³-hybridized carbons (Fsp3) is 0.909. The van der Waals surface area contributed by atoms with Crippen LogP contribution >= 0.6 is 0 Å². The Hall–Kier alpha value is -0.660. The second kappa shape index (κ2) is 6.49. The van der Waals surface area contributed by atoms with Crippen LogP contribution in [0.25, 0.3) is 0 Å². The first-order valence-corrected chi connectivity index (χ1v) is 8.03. The van der Waals surface area contributed by atoms with Crippen molar-refractivity contribution in [3.05, 3.63) is 0 Å². The lowest BCUT2D eigenvalue weighted by atomic mass is 10.2. The summed E-state index contributed by atoms with van der Waals surface area (Å²) in [6.45, 7) is 7.00. The van der Waals surface area contributed by atoms with Gasteiger partial charge in [-0.05, 0) is 6.42 Å². The molecule has 0 radical (unpaired) electrons. The lowest BCUT2D eigenvalue weighted by Gasteiger charge is -2.18. The number of rotatable bonds is 7. The highest BCUT2D eigenvalue weighted by molar-refractivity contribution is 7.89. The van der Waals surface area contributed by atoms with Gasteiger partial charge in [-0.1, -0.05) is 20.8 Å².